The molecule has 1 rings (SSSR count). The van der Waals surface area contributed by atoms with E-state index < -0.39 is 16.1 Å². The first-order valence-corrected chi connectivity index (χ1v) is 7.62. The first kappa shape index (κ1) is 13.8. The van der Waals surface area contributed by atoms with E-state index in [4.69, 9.17) is 0 Å². The Kier molecular flexibility index (Phi) is 4.28. The molecule has 16 heavy (non-hydrogen) atoms. The van der Waals surface area contributed by atoms with Crippen molar-refractivity contribution < 1.29 is 13.2 Å². The molecular weight excluding hydrogens is 314 g/mol. The molecule has 0 fully saturated rings. The highest BCUT2D eigenvalue weighted by molar-refractivity contribution is 9.11. The lowest BCUT2D eigenvalue weighted by Crippen LogP contribution is -2.37. The van der Waals surface area contributed by atoms with Crippen molar-refractivity contribution in [3.8, 4) is 0 Å². The zero-order valence-electron chi connectivity index (χ0n) is 9.07. The maximum Gasteiger partial charge on any atom is 0.242 e. The van der Waals surface area contributed by atoms with Crippen molar-refractivity contribution in [3.05, 3.63) is 14.7 Å². The van der Waals surface area contributed by atoms with Gasteiger partial charge in [0.25, 0.3) is 0 Å². The summed E-state index contributed by atoms with van der Waals surface area (Å²) in [6.45, 7) is 4.60. The van der Waals surface area contributed by atoms with Crippen LogP contribution in [0, 0.1) is 6.92 Å². The van der Waals surface area contributed by atoms with Crippen LogP contribution in [0.2, 0.25) is 0 Å². The second kappa shape index (κ2) is 4.95. The summed E-state index contributed by atoms with van der Waals surface area (Å²) in [5.41, 5.74) is 0. The molecule has 1 N–H and O–H groups in total. The minimum Gasteiger partial charge on any atom is -0.298 e. The number of Topliss-reactive ketones (excluding diaryl/α,β-unsaturated/α-hetero) is 1. The third-order valence-corrected chi connectivity index (χ3v) is 5.42. The second-order valence-corrected chi connectivity index (χ2v) is 7.74. The molecule has 0 saturated heterocycles. The molecule has 90 valence electrons. The van der Waals surface area contributed by atoms with Crippen LogP contribution in [0.1, 0.15) is 18.7 Å². The third-order valence-electron chi connectivity index (χ3n) is 2.07. The van der Waals surface area contributed by atoms with Gasteiger partial charge in [-0.1, -0.05) is 0 Å². The van der Waals surface area contributed by atoms with Crippen molar-refractivity contribution in [2.24, 2.45) is 0 Å². The average Bonchev–Trinajstić information content (AvgIpc) is 2.45. The summed E-state index contributed by atoms with van der Waals surface area (Å²) in [6.07, 6.45) is 0. The van der Waals surface area contributed by atoms with Crippen molar-refractivity contribution in [1.29, 1.82) is 0 Å². The number of thiophene rings is 1. The second-order valence-electron chi connectivity index (χ2n) is 3.42. The molecule has 0 aromatic carbocycles. The van der Waals surface area contributed by atoms with Gasteiger partial charge in [0.15, 0.2) is 0 Å². The van der Waals surface area contributed by atoms with Crippen LogP contribution in [0.5, 0.6) is 0 Å². The summed E-state index contributed by atoms with van der Waals surface area (Å²) in [6, 6.07) is 0.831. The Morgan fingerprint density at radius 2 is 2.12 bits per heavy atom. The SMILES string of the molecule is CC(=O)C(C)NS(=O)(=O)c1cc(Br)sc1C. The van der Waals surface area contributed by atoms with Gasteiger partial charge in [0, 0.05) is 4.88 Å². The van der Waals surface area contributed by atoms with Crippen LogP contribution in [0.25, 0.3) is 0 Å². The fourth-order valence-electron chi connectivity index (χ4n) is 1.08. The molecule has 1 aromatic rings. The van der Waals surface area contributed by atoms with Gasteiger partial charge in [-0.15, -0.1) is 11.3 Å². The van der Waals surface area contributed by atoms with E-state index in [1.54, 1.807) is 6.92 Å². The maximum absolute atomic E-state index is 11.9. The van der Waals surface area contributed by atoms with E-state index in [2.05, 4.69) is 20.7 Å². The highest BCUT2D eigenvalue weighted by Crippen LogP contribution is 2.29. The molecule has 4 nitrogen and oxygen atoms in total. The zero-order chi connectivity index (χ0) is 12.5. The van der Waals surface area contributed by atoms with Crippen LogP contribution in [-0.2, 0) is 14.8 Å². The summed E-state index contributed by atoms with van der Waals surface area (Å²) in [7, 11) is -3.60. The lowest BCUT2D eigenvalue weighted by atomic mass is 10.3. The van der Waals surface area contributed by atoms with Crippen LogP contribution in [0.3, 0.4) is 0 Å². The van der Waals surface area contributed by atoms with Crippen LogP contribution in [-0.4, -0.2) is 20.2 Å². The number of sulfonamides is 1. The van der Waals surface area contributed by atoms with Gasteiger partial charge in [-0.3, -0.25) is 4.79 Å². The number of rotatable bonds is 4. The van der Waals surface area contributed by atoms with Crippen LogP contribution in [0.4, 0.5) is 0 Å². The highest BCUT2D eigenvalue weighted by Gasteiger charge is 2.23. The Balaban J connectivity index is 3.03. The smallest absolute Gasteiger partial charge is 0.242 e. The molecule has 0 aliphatic carbocycles. The lowest BCUT2D eigenvalue weighted by Gasteiger charge is -2.10. The monoisotopic (exact) mass is 325 g/mol. The standard InChI is InChI=1S/C9H12BrNO3S2/c1-5(6(2)12)11-16(13,14)8-4-9(10)15-7(8)3/h4-5,11H,1-3H3. The van der Waals surface area contributed by atoms with Crippen LogP contribution < -0.4 is 4.72 Å². The molecule has 0 radical (unpaired) electrons. The van der Waals surface area contributed by atoms with Gasteiger partial charge >= 0.3 is 0 Å². The number of carbonyl (C=O) groups excluding carboxylic acids is 1. The topological polar surface area (TPSA) is 63.2 Å². The van der Waals surface area contributed by atoms with E-state index in [1.807, 2.05) is 0 Å². The molecule has 0 saturated carbocycles. The van der Waals surface area contributed by atoms with Gasteiger partial charge in [-0.25, -0.2) is 13.1 Å². The van der Waals surface area contributed by atoms with Gasteiger partial charge in [0.1, 0.15) is 5.78 Å². The normalized spacial score (nSPS) is 13.8. The summed E-state index contributed by atoms with van der Waals surface area (Å²) in [5, 5.41) is 0. The molecular formula is C9H12BrNO3S2. The first-order chi connectivity index (χ1) is 7.24. The molecule has 0 amide bonds. The average molecular weight is 326 g/mol. The number of nitrogens with one attached hydrogen (secondary N) is 1. The molecule has 1 aromatic heterocycles. The fourth-order valence-corrected chi connectivity index (χ4v) is 4.75. The van der Waals surface area contributed by atoms with Gasteiger partial charge < -0.3 is 0 Å². The summed E-state index contributed by atoms with van der Waals surface area (Å²) >= 11 is 4.57. The summed E-state index contributed by atoms with van der Waals surface area (Å²) < 4.78 is 26.9. The summed E-state index contributed by atoms with van der Waals surface area (Å²) in [5.74, 6) is -0.212. The molecule has 1 heterocycles. The molecule has 7 heteroatoms. The third kappa shape index (κ3) is 3.13. The van der Waals surface area contributed by atoms with Gasteiger partial charge in [0.05, 0.1) is 14.7 Å². The Bertz CT molecular complexity index is 507. The number of hydrogen-bond donors (Lipinski definition) is 1. The zero-order valence-corrected chi connectivity index (χ0v) is 12.3. The predicted octanol–water partition coefficient (Wildman–Crippen LogP) is 2.07. The fraction of sp³-hybridized carbons (Fsp3) is 0.444. The Morgan fingerprint density at radius 1 is 1.56 bits per heavy atom. The highest BCUT2D eigenvalue weighted by atomic mass is 79.9. The number of halogens is 1. The minimum atomic E-state index is -3.60. The molecule has 0 aliphatic rings. The lowest BCUT2D eigenvalue weighted by molar-refractivity contribution is -0.118. The Hall–Kier alpha value is -0.240. The minimum absolute atomic E-state index is 0.212. The Labute approximate surface area is 107 Å². The van der Waals surface area contributed by atoms with Crippen molar-refractivity contribution in [3.63, 3.8) is 0 Å². The van der Waals surface area contributed by atoms with E-state index in [-0.39, 0.29) is 10.7 Å². The van der Waals surface area contributed by atoms with E-state index in [0.717, 1.165) is 3.79 Å². The van der Waals surface area contributed by atoms with Gasteiger partial charge in [-0.05, 0) is 42.8 Å². The van der Waals surface area contributed by atoms with Crippen molar-refractivity contribution in [1.82, 2.24) is 4.72 Å². The predicted molar refractivity (Wildman–Crippen MR) is 67.2 cm³/mol. The molecule has 1 atom stereocenters. The first-order valence-electron chi connectivity index (χ1n) is 4.52. The van der Waals surface area contributed by atoms with Gasteiger partial charge in [0.2, 0.25) is 10.0 Å². The Morgan fingerprint density at radius 3 is 2.50 bits per heavy atom. The van der Waals surface area contributed by atoms with Crippen LogP contribution in [0.15, 0.2) is 14.7 Å². The van der Waals surface area contributed by atoms with Crippen LogP contribution >= 0.6 is 27.3 Å². The van der Waals surface area contributed by atoms with Gasteiger partial charge in [-0.2, -0.15) is 0 Å². The van der Waals surface area contributed by atoms with Crippen molar-refractivity contribution in [2.45, 2.75) is 31.7 Å². The molecule has 0 aliphatic heterocycles. The quantitative estimate of drug-likeness (QED) is 0.921. The number of hydrogen-bond acceptors (Lipinski definition) is 4. The number of carbonyl (C=O) groups is 1. The van der Waals surface area contributed by atoms with E-state index >= 15 is 0 Å². The largest absolute Gasteiger partial charge is 0.298 e. The number of aryl methyl sites for hydroxylation is 1. The maximum atomic E-state index is 11.9. The summed E-state index contributed by atoms with van der Waals surface area (Å²) in [4.78, 5) is 11.9. The van der Waals surface area contributed by atoms with Crippen molar-refractivity contribution >= 4 is 43.1 Å². The number of ketones is 1. The molecule has 1 unspecified atom stereocenters. The van der Waals surface area contributed by atoms with Crippen molar-refractivity contribution in [2.75, 3.05) is 0 Å². The molecule has 0 spiro atoms. The van der Waals surface area contributed by atoms with E-state index in [1.165, 1.54) is 31.3 Å². The van der Waals surface area contributed by atoms with E-state index in [9.17, 15) is 13.2 Å². The molecule has 0 bridgehead atoms. The van der Waals surface area contributed by atoms with E-state index in [0.29, 0.717) is 4.88 Å².